The average molecular weight is 307 g/mol. The van der Waals surface area contributed by atoms with Gasteiger partial charge in [-0.3, -0.25) is 0 Å². The van der Waals surface area contributed by atoms with E-state index in [0.29, 0.717) is 33.0 Å². The molecule has 0 aromatic heterocycles. The zero-order chi connectivity index (χ0) is 15.3. The maximum absolute atomic E-state index is 11.2. The van der Waals surface area contributed by atoms with Crippen LogP contribution in [0, 0.1) is 0 Å². The van der Waals surface area contributed by atoms with Crippen LogP contribution in [0.3, 0.4) is 0 Å². The van der Waals surface area contributed by atoms with Crippen LogP contribution in [0.15, 0.2) is 0 Å². The normalized spacial score (nSPS) is 17.2. The average Bonchev–Trinajstić information content (AvgIpc) is 2.89. The van der Waals surface area contributed by atoms with Gasteiger partial charge in [-0.15, -0.1) is 0 Å². The zero-order valence-electron chi connectivity index (χ0n) is 12.0. The van der Waals surface area contributed by atoms with Crippen LogP contribution in [-0.4, -0.2) is 78.3 Å². The first kappa shape index (κ1) is 17.5. The van der Waals surface area contributed by atoms with Crippen molar-refractivity contribution in [3.63, 3.8) is 0 Å². The first-order chi connectivity index (χ1) is 10.2. The standard InChI is InChI=1S/C12H21NO8/c1-16-2-3-17-4-5-18-6-7-19-12(15)20-9-10-8-13-11(14)21-10/h10H,2-9H2,1H3,(H,13,14)/t10-/m0/s1. The number of carbonyl (C=O) groups is 2. The molecule has 1 rings (SSSR count). The molecule has 122 valence electrons. The van der Waals surface area contributed by atoms with Crippen LogP contribution in [0.5, 0.6) is 0 Å². The minimum absolute atomic E-state index is 0.0359. The van der Waals surface area contributed by atoms with Crippen LogP contribution in [0.4, 0.5) is 9.59 Å². The molecule has 1 N–H and O–H groups in total. The lowest BCUT2D eigenvalue weighted by atomic mass is 10.4. The summed E-state index contributed by atoms with van der Waals surface area (Å²) in [7, 11) is 1.60. The van der Waals surface area contributed by atoms with E-state index in [-0.39, 0.29) is 19.8 Å². The maximum atomic E-state index is 11.2. The van der Waals surface area contributed by atoms with Crippen molar-refractivity contribution in [2.75, 3.05) is 59.9 Å². The fourth-order valence-corrected chi connectivity index (χ4v) is 1.38. The smallest absolute Gasteiger partial charge is 0.441 e. The van der Waals surface area contributed by atoms with Crippen molar-refractivity contribution in [3.05, 3.63) is 0 Å². The molecular weight excluding hydrogens is 286 g/mol. The van der Waals surface area contributed by atoms with Gasteiger partial charge in [-0.05, 0) is 0 Å². The van der Waals surface area contributed by atoms with Crippen molar-refractivity contribution in [2.45, 2.75) is 6.10 Å². The predicted octanol–water partition coefficient (Wildman–Crippen LogP) is -0.0724. The Morgan fingerprint density at radius 1 is 1.14 bits per heavy atom. The molecule has 0 aliphatic carbocycles. The molecule has 9 heteroatoms. The molecule has 1 atom stereocenters. The highest BCUT2D eigenvalue weighted by molar-refractivity contribution is 5.69. The number of hydrogen-bond donors (Lipinski definition) is 1. The first-order valence-corrected chi connectivity index (χ1v) is 6.61. The van der Waals surface area contributed by atoms with E-state index in [1.54, 1.807) is 7.11 Å². The highest BCUT2D eigenvalue weighted by atomic mass is 16.7. The second kappa shape index (κ2) is 11.1. The van der Waals surface area contributed by atoms with Crippen molar-refractivity contribution in [1.29, 1.82) is 0 Å². The molecule has 0 aromatic carbocycles. The Bertz CT molecular complexity index is 312. The molecule has 21 heavy (non-hydrogen) atoms. The van der Waals surface area contributed by atoms with Crippen LogP contribution in [-0.2, 0) is 28.4 Å². The van der Waals surface area contributed by atoms with E-state index in [4.69, 9.17) is 28.4 Å². The van der Waals surface area contributed by atoms with Gasteiger partial charge in [-0.1, -0.05) is 0 Å². The lowest BCUT2D eigenvalue weighted by molar-refractivity contribution is -0.00611. The van der Waals surface area contributed by atoms with Crippen LogP contribution in [0.1, 0.15) is 0 Å². The summed E-state index contributed by atoms with van der Waals surface area (Å²) >= 11 is 0. The molecule has 1 heterocycles. The third-order valence-electron chi connectivity index (χ3n) is 2.39. The Labute approximate surface area is 122 Å². The lowest BCUT2D eigenvalue weighted by Gasteiger charge is -2.09. The quantitative estimate of drug-likeness (QED) is 0.418. The van der Waals surface area contributed by atoms with Gasteiger partial charge in [0.15, 0.2) is 6.10 Å². The minimum atomic E-state index is -0.821. The Kier molecular flexibility index (Phi) is 9.25. The SMILES string of the molecule is COCCOCCOCCOC(=O)OC[C@@H]1CNC(=O)O1. The molecular formula is C12H21NO8. The molecule has 1 aliphatic heterocycles. The van der Waals surface area contributed by atoms with Crippen LogP contribution in [0.2, 0.25) is 0 Å². The summed E-state index contributed by atoms with van der Waals surface area (Å²) < 4.78 is 29.5. The van der Waals surface area contributed by atoms with Gasteiger partial charge in [0, 0.05) is 7.11 Å². The van der Waals surface area contributed by atoms with Gasteiger partial charge >= 0.3 is 12.2 Å². The molecule has 9 nitrogen and oxygen atoms in total. The molecule has 1 amide bonds. The van der Waals surface area contributed by atoms with Crippen LogP contribution < -0.4 is 5.32 Å². The Morgan fingerprint density at radius 3 is 2.43 bits per heavy atom. The predicted molar refractivity (Wildman–Crippen MR) is 69.1 cm³/mol. The van der Waals surface area contributed by atoms with E-state index in [1.165, 1.54) is 0 Å². The van der Waals surface area contributed by atoms with Crippen molar-refractivity contribution < 1.29 is 38.0 Å². The fraction of sp³-hybridized carbons (Fsp3) is 0.833. The third-order valence-corrected chi connectivity index (χ3v) is 2.39. The number of carbonyl (C=O) groups excluding carboxylic acids is 2. The topological polar surface area (TPSA) is 102 Å². The third kappa shape index (κ3) is 9.05. The number of ether oxygens (including phenoxy) is 6. The van der Waals surface area contributed by atoms with Gasteiger partial charge in [-0.2, -0.15) is 0 Å². The monoisotopic (exact) mass is 307 g/mol. The Balaban J connectivity index is 1.84. The van der Waals surface area contributed by atoms with E-state index in [2.05, 4.69) is 5.32 Å². The van der Waals surface area contributed by atoms with Gasteiger partial charge in [0.25, 0.3) is 0 Å². The Morgan fingerprint density at radius 2 is 1.81 bits per heavy atom. The largest absolute Gasteiger partial charge is 0.508 e. The number of nitrogens with one attached hydrogen (secondary N) is 1. The summed E-state index contributed by atoms with van der Waals surface area (Å²) in [6.07, 6.45) is -1.80. The number of methoxy groups -OCH3 is 1. The summed E-state index contributed by atoms with van der Waals surface area (Å²) in [4.78, 5) is 21.9. The number of rotatable bonds is 11. The number of alkyl carbamates (subject to hydrolysis) is 1. The summed E-state index contributed by atoms with van der Waals surface area (Å²) in [5.74, 6) is 0. The van der Waals surface area contributed by atoms with E-state index in [0.717, 1.165) is 0 Å². The lowest BCUT2D eigenvalue weighted by Crippen LogP contribution is -2.23. The number of hydrogen-bond acceptors (Lipinski definition) is 8. The number of amides is 1. The van der Waals surface area contributed by atoms with Crippen molar-refractivity contribution in [3.8, 4) is 0 Å². The van der Waals surface area contributed by atoms with Gasteiger partial charge in [0.05, 0.1) is 39.6 Å². The first-order valence-electron chi connectivity index (χ1n) is 6.61. The van der Waals surface area contributed by atoms with Crippen LogP contribution >= 0.6 is 0 Å². The molecule has 0 saturated carbocycles. The molecule has 0 aromatic rings. The summed E-state index contributed by atoms with van der Waals surface area (Å²) in [5.41, 5.74) is 0. The van der Waals surface area contributed by atoms with E-state index >= 15 is 0 Å². The van der Waals surface area contributed by atoms with E-state index < -0.39 is 18.4 Å². The molecule has 1 aliphatic rings. The second-order valence-electron chi connectivity index (χ2n) is 4.04. The minimum Gasteiger partial charge on any atom is -0.441 e. The highest BCUT2D eigenvalue weighted by Crippen LogP contribution is 2.01. The number of cyclic esters (lactones) is 1. The Hall–Kier alpha value is -1.58. The van der Waals surface area contributed by atoms with Gasteiger partial charge in [0.2, 0.25) is 0 Å². The van der Waals surface area contributed by atoms with E-state index in [9.17, 15) is 9.59 Å². The van der Waals surface area contributed by atoms with Crippen LogP contribution in [0.25, 0.3) is 0 Å². The zero-order valence-corrected chi connectivity index (χ0v) is 12.0. The summed E-state index contributed by atoms with van der Waals surface area (Å²) in [5, 5.41) is 2.44. The molecule has 1 saturated heterocycles. The molecule has 0 spiro atoms. The maximum Gasteiger partial charge on any atom is 0.508 e. The molecule has 0 bridgehead atoms. The van der Waals surface area contributed by atoms with E-state index in [1.807, 2.05) is 0 Å². The highest BCUT2D eigenvalue weighted by Gasteiger charge is 2.23. The van der Waals surface area contributed by atoms with Crippen molar-refractivity contribution >= 4 is 12.2 Å². The summed E-state index contributed by atoms with van der Waals surface area (Å²) in [6, 6.07) is 0. The van der Waals surface area contributed by atoms with Gasteiger partial charge in [-0.25, -0.2) is 9.59 Å². The summed E-state index contributed by atoms with van der Waals surface area (Å²) in [6.45, 7) is 2.54. The fourth-order valence-electron chi connectivity index (χ4n) is 1.38. The van der Waals surface area contributed by atoms with Crippen molar-refractivity contribution in [2.24, 2.45) is 0 Å². The molecule has 0 unspecified atom stereocenters. The second-order valence-corrected chi connectivity index (χ2v) is 4.04. The van der Waals surface area contributed by atoms with Gasteiger partial charge < -0.3 is 33.7 Å². The van der Waals surface area contributed by atoms with Crippen molar-refractivity contribution in [1.82, 2.24) is 5.32 Å². The molecule has 1 fully saturated rings. The van der Waals surface area contributed by atoms with Gasteiger partial charge in [0.1, 0.15) is 13.2 Å². The molecule has 0 radical (unpaired) electrons.